The van der Waals surface area contributed by atoms with E-state index in [1.54, 1.807) is 12.1 Å². The monoisotopic (exact) mass is 294 g/mol. The Morgan fingerprint density at radius 3 is 2.35 bits per heavy atom. The lowest BCUT2D eigenvalue weighted by atomic mass is 10.2. The molecule has 0 aromatic heterocycles. The molecular weight excluding hydrogens is 276 g/mol. The van der Waals surface area contributed by atoms with Crippen LogP contribution in [-0.2, 0) is 14.6 Å². The number of aliphatic imine (C=N–C) groups is 1. The van der Waals surface area contributed by atoms with Crippen molar-refractivity contribution < 1.29 is 13.2 Å². The van der Waals surface area contributed by atoms with E-state index in [9.17, 15) is 13.2 Å². The van der Waals surface area contributed by atoms with Crippen LogP contribution in [0.25, 0.3) is 0 Å². The highest BCUT2D eigenvalue weighted by Crippen LogP contribution is 2.30. The molecule has 0 unspecified atom stereocenters. The van der Waals surface area contributed by atoms with Crippen molar-refractivity contribution in [2.45, 2.75) is 30.6 Å². The zero-order valence-electron chi connectivity index (χ0n) is 11.5. The predicted octanol–water partition coefficient (Wildman–Crippen LogP) is 2.44. The fraction of sp³-hybridized carbons (Fsp3) is 0.500. The van der Waals surface area contributed by atoms with Crippen LogP contribution < -0.4 is 4.90 Å². The maximum absolute atomic E-state index is 11.7. The smallest absolute Gasteiger partial charge is 0.240 e. The normalized spacial score (nSPS) is 16.4. The highest BCUT2D eigenvalue weighted by molar-refractivity contribution is 7.90. The van der Waals surface area contributed by atoms with Crippen molar-refractivity contribution in [1.29, 1.82) is 0 Å². The molecule has 0 bridgehead atoms. The Labute approximate surface area is 119 Å². The van der Waals surface area contributed by atoms with Gasteiger partial charge in [-0.3, -0.25) is 0 Å². The van der Waals surface area contributed by atoms with Crippen molar-refractivity contribution in [3.8, 4) is 0 Å². The molecule has 1 aliphatic heterocycles. The van der Waals surface area contributed by atoms with Crippen molar-refractivity contribution >= 4 is 27.3 Å². The second-order valence-corrected chi connectivity index (χ2v) is 7.01. The molecule has 0 N–H and O–H groups in total. The number of hydrogen-bond acceptors (Lipinski definition) is 5. The zero-order chi connectivity index (χ0) is 14.6. The van der Waals surface area contributed by atoms with Gasteiger partial charge >= 0.3 is 0 Å². The molecule has 1 aliphatic rings. The van der Waals surface area contributed by atoms with Crippen LogP contribution in [0.5, 0.6) is 0 Å². The fourth-order valence-corrected chi connectivity index (χ4v) is 3.28. The molecule has 1 aromatic carbocycles. The molecule has 2 rings (SSSR count). The van der Waals surface area contributed by atoms with E-state index in [0.29, 0.717) is 0 Å². The first-order valence-electron chi connectivity index (χ1n) is 6.69. The van der Waals surface area contributed by atoms with E-state index in [2.05, 4.69) is 9.89 Å². The first-order valence-corrected chi connectivity index (χ1v) is 8.58. The van der Waals surface area contributed by atoms with Gasteiger partial charge in [0.15, 0.2) is 9.84 Å². The van der Waals surface area contributed by atoms with Gasteiger partial charge in [-0.25, -0.2) is 13.2 Å². The van der Waals surface area contributed by atoms with E-state index in [4.69, 9.17) is 0 Å². The molecule has 108 valence electrons. The van der Waals surface area contributed by atoms with Gasteiger partial charge < -0.3 is 4.90 Å². The summed E-state index contributed by atoms with van der Waals surface area (Å²) < 4.78 is 23.3. The van der Waals surface area contributed by atoms with Gasteiger partial charge in [0, 0.05) is 25.0 Å². The van der Waals surface area contributed by atoms with Crippen LogP contribution in [0.2, 0.25) is 0 Å². The summed E-state index contributed by atoms with van der Waals surface area (Å²) in [5, 5.41) is 0. The summed E-state index contributed by atoms with van der Waals surface area (Å²) in [5.74, 6) is 0. The third kappa shape index (κ3) is 3.46. The van der Waals surface area contributed by atoms with Gasteiger partial charge in [0.1, 0.15) is 0 Å². The van der Waals surface area contributed by atoms with Crippen molar-refractivity contribution in [2.24, 2.45) is 4.99 Å². The molecule has 1 saturated heterocycles. The van der Waals surface area contributed by atoms with Gasteiger partial charge in [0.25, 0.3) is 0 Å². The number of benzene rings is 1. The molecule has 0 atom stereocenters. The average molecular weight is 294 g/mol. The summed E-state index contributed by atoms with van der Waals surface area (Å²) in [6, 6.07) is 4.96. The van der Waals surface area contributed by atoms with Crippen molar-refractivity contribution in [1.82, 2.24) is 0 Å². The minimum Gasteiger partial charge on any atom is -0.371 e. The molecule has 6 heteroatoms. The lowest BCUT2D eigenvalue weighted by molar-refractivity contribution is 0.565. The summed E-state index contributed by atoms with van der Waals surface area (Å²) in [6.45, 7) is 1.89. The molecular formula is C14H18N2O3S. The van der Waals surface area contributed by atoms with Gasteiger partial charge in [-0.05, 0) is 31.0 Å². The number of nitrogens with zero attached hydrogens (tertiary/aromatic N) is 2. The largest absolute Gasteiger partial charge is 0.371 e. The Morgan fingerprint density at radius 2 is 1.80 bits per heavy atom. The van der Waals surface area contributed by atoms with E-state index in [-0.39, 0.29) is 10.6 Å². The summed E-state index contributed by atoms with van der Waals surface area (Å²) in [4.78, 5) is 16.3. The third-order valence-corrected chi connectivity index (χ3v) is 4.62. The summed E-state index contributed by atoms with van der Waals surface area (Å²) in [5.41, 5.74) is 1.08. The molecule has 0 saturated carbocycles. The van der Waals surface area contributed by atoms with Gasteiger partial charge in [-0.2, -0.15) is 4.99 Å². The van der Waals surface area contributed by atoms with Gasteiger partial charge in [-0.1, -0.05) is 12.8 Å². The first kappa shape index (κ1) is 14.8. The van der Waals surface area contributed by atoms with Crippen LogP contribution in [0.3, 0.4) is 0 Å². The first-order chi connectivity index (χ1) is 9.52. The molecule has 0 radical (unpaired) electrons. The number of rotatable bonds is 3. The van der Waals surface area contributed by atoms with Crippen molar-refractivity contribution in [2.75, 3.05) is 24.2 Å². The predicted molar refractivity (Wildman–Crippen MR) is 78.0 cm³/mol. The number of sulfone groups is 1. The lowest BCUT2D eigenvalue weighted by Crippen LogP contribution is -2.23. The van der Waals surface area contributed by atoms with E-state index in [0.717, 1.165) is 37.9 Å². The topological polar surface area (TPSA) is 66.8 Å². The van der Waals surface area contributed by atoms with Crippen LogP contribution in [0.1, 0.15) is 25.7 Å². The standard InChI is InChI=1S/C14H18N2O3S/c1-20(18,19)14-7-6-12(10-13(14)15-11-17)16-8-4-2-3-5-9-16/h6-7,10H,2-5,8-9H2,1H3. The molecule has 1 heterocycles. The minimum atomic E-state index is -3.40. The lowest BCUT2D eigenvalue weighted by Gasteiger charge is -2.23. The van der Waals surface area contributed by atoms with Gasteiger partial charge in [0.2, 0.25) is 6.08 Å². The van der Waals surface area contributed by atoms with Crippen molar-refractivity contribution in [3.63, 3.8) is 0 Å². The maximum atomic E-state index is 11.7. The maximum Gasteiger partial charge on any atom is 0.240 e. The van der Waals surface area contributed by atoms with Crippen LogP contribution in [0, 0.1) is 0 Å². The van der Waals surface area contributed by atoms with E-state index < -0.39 is 9.84 Å². The Kier molecular flexibility index (Phi) is 4.57. The summed E-state index contributed by atoms with van der Waals surface area (Å²) >= 11 is 0. The number of isocyanates is 1. The average Bonchev–Trinajstić information content (AvgIpc) is 2.66. The second-order valence-electron chi connectivity index (χ2n) is 5.03. The number of carbonyl (C=O) groups excluding carboxylic acids is 1. The Hall–Kier alpha value is -1.65. The van der Waals surface area contributed by atoms with Crippen LogP contribution in [-0.4, -0.2) is 33.8 Å². The second kappa shape index (κ2) is 6.20. The van der Waals surface area contributed by atoms with E-state index in [1.165, 1.54) is 25.0 Å². The highest BCUT2D eigenvalue weighted by Gasteiger charge is 2.16. The Balaban J connectivity index is 2.41. The van der Waals surface area contributed by atoms with Gasteiger partial charge in [0.05, 0.1) is 10.6 Å². The summed E-state index contributed by atoms with van der Waals surface area (Å²) in [7, 11) is -3.40. The van der Waals surface area contributed by atoms with Crippen LogP contribution in [0.4, 0.5) is 11.4 Å². The van der Waals surface area contributed by atoms with E-state index >= 15 is 0 Å². The molecule has 0 aliphatic carbocycles. The number of hydrogen-bond donors (Lipinski definition) is 0. The third-order valence-electron chi connectivity index (χ3n) is 3.48. The minimum absolute atomic E-state index is 0.0689. The van der Waals surface area contributed by atoms with Crippen molar-refractivity contribution in [3.05, 3.63) is 18.2 Å². The molecule has 20 heavy (non-hydrogen) atoms. The molecule has 0 spiro atoms. The van der Waals surface area contributed by atoms with Crippen LogP contribution in [0.15, 0.2) is 28.1 Å². The Bertz CT molecular complexity index is 626. The number of anilines is 1. The molecule has 5 nitrogen and oxygen atoms in total. The molecule has 0 amide bonds. The highest BCUT2D eigenvalue weighted by atomic mass is 32.2. The van der Waals surface area contributed by atoms with Gasteiger partial charge in [-0.15, -0.1) is 0 Å². The molecule has 1 aromatic rings. The van der Waals surface area contributed by atoms with E-state index in [1.807, 2.05) is 0 Å². The quantitative estimate of drug-likeness (QED) is 0.634. The SMILES string of the molecule is CS(=O)(=O)c1ccc(N2CCCCCC2)cc1N=C=O. The summed E-state index contributed by atoms with van der Waals surface area (Å²) in [6.07, 6.45) is 7.23. The Morgan fingerprint density at radius 1 is 1.15 bits per heavy atom. The van der Waals surface area contributed by atoms with Crippen LogP contribution >= 0.6 is 0 Å². The zero-order valence-corrected chi connectivity index (χ0v) is 12.3. The fourth-order valence-electron chi connectivity index (χ4n) is 2.48. The molecule has 1 fully saturated rings.